The molecule has 13 heavy (non-hydrogen) atoms. The van der Waals surface area contributed by atoms with Gasteiger partial charge in [0.1, 0.15) is 0 Å². The molecule has 0 saturated heterocycles. The van der Waals surface area contributed by atoms with Crippen LogP contribution < -0.4 is 5.32 Å². The van der Waals surface area contributed by atoms with Gasteiger partial charge in [0.25, 0.3) is 5.91 Å². The number of hydrogen-bond donors (Lipinski definition) is 1. The fourth-order valence-electron chi connectivity index (χ4n) is 1.64. The molecule has 1 amide bonds. The third-order valence-corrected chi connectivity index (χ3v) is 2.45. The summed E-state index contributed by atoms with van der Waals surface area (Å²) in [5, 5.41) is 3.57. The first-order chi connectivity index (χ1) is 6.16. The fourth-order valence-corrected chi connectivity index (χ4v) is 1.83. The topological polar surface area (TPSA) is 29.1 Å². The Bertz CT molecular complexity index is 362. The van der Waals surface area contributed by atoms with Crippen molar-refractivity contribution in [2.75, 3.05) is 0 Å². The Balaban J connectivity index is 2.49. The summed E-state index contributed by atoms with van der Waals surface area (Å²) in [5.74, 6) is 0.00502. The molecule has 0 saturated carbocycles. The monoisotopic (exact) mass is 195 g/mol. The largest absolute Gasteiger partial charge is 0.349 e. The summed E-state index contributed by atoms with van der Waals surface area (Å²) in [5.41, 5.74) is 1.80. The first kappa shape index (κ1) is 8.57. The molecule has 2 rings (SSSR count). The summed E-state index contributed by atoms with van der Waals surface area (Å²) < 4.78 is 0. The average molecular weight is 196 g/mol. The van der Waals surface area contributed by atoms with Crippen molar-refractivity contribution >= 4 is 17.5 Å². The van der Waals surface area contributed by atoms with E-state index in [-0.39, 0.29) is 11.9 Å². The molecule has 1 heterocycles. The lowest BCUT2D eigenvalue weighted by atomic mass is 9.96. The summed E-state index contributed by atoms with van der Waals surface area (Å²) in [7, 11) is 0. The smallest absolute Gasteiger partial charge is 0.251 e. The van der Waals surface area contributed by atoms with Gasteiger partial charge in [0.2, 0.25) is 0 Å². The Morgan fingerprint density at radius 2 is 2.31 bits per heavy atom. The van der Waals surface area contributed by atoms with Crippen LogP contribution in [0.1, 0.15) is 22.8 Å². The van der Waals surface area contributed by atoms with Gasteiger partial charge in [0.15, 0.2) is 0 Å². The van der Waals surface area contributed by atoms with Crippen molar-refractivity contribution < 1.29 is 4.79 Å². The number of amides is 1. The van der Waals surface area contributed by atoms with Gasteiger partial charge in [-0.25, -0.2) is 0 Å². The molecule has 0 spiro atoms. The Hall–Kier alpha value is -1.02. The van der Waals surface area contributed by atoms with Crippen molar-refractivity contribution in [3.05, 3.63) is 34.3 Å². The van der Waals surface area contributed by atoms with Crippen molar-refractivity contribution in [2.45, 2.75) is 19.4 Å². The van der Waals surface area contributed by atoms with Crippen LogP contribution in [0.15, 0.2) is 18.2 Å². The van der Waals surface area contributed by atoms with E-state index in [1.807, 2.05) is 13.0 Å². The highest BCUT2D eigenvalue weighted by Gasteiger charge is 2.20. The number of fused-ring (bicyclic) bond motifs is 1. The first-order valence-corrected chi connectivity index (χ1v) is 4.64. The number of rotatable bonds is 0. The number of halogens is 1. The summed E-state index contributed by atoms with van der Waals surface area (Å²) in [6, 6.07) is 5.60. The van der Waals surface area contributed by atoms with Gasteiger partial charge in [-0.1, -0.05) is 11.6 Å². The summed E-state index contributed by atoms with van der Waals surface area (Å²) in [4.78, 5) is 11.5. The minimum Gasteiger partial charge on any atom is -0.349 e. The molecule has 0 aromatic heterocycles. The van der Waals surface area contributed by atoms with Crippen LogP contribution in [0.2, 0.25) is 5.02 Å². The Morgan fingerprint density at radius 1 is 1.54 bits per heavy atom. The molecule has 1 aromatic carbocycles. The summed E-state index contributed by atoms with van der Waals surface area (Å²) in [6.45, 7) is 1.99. The second-order valence-electron chi connectivity index (χ2n) is 3.38. The molecule has 68 valence electrons. The Kier molecular flexibility index (Phi) is 2.00. The van der Waals surface area contributed by atoms with E-state index < -0.39 is 0 Å². The maximum atomic E-state index is 11.5. The molecular formula is C10H10ClNO. The van der Waals surface area contributed by atoms with Crippen molar-refractivity contribution in [3.63, 3.8) is 0 Å². The number of carbonyl (C=O) groups is 1. The number of nitrogens with one attached hydrogen (secondary N) is 1. The Morgan fingerprint density at radius 3 is 3.08 bits per heavy atom. The van der Waals surface area contributed by atoms with Crippen LogP contribution in [0, 0.1) is 0 Å². The lowest BCUT2D eigenvalue weighted by Crippen LogP contribution is -2.39. The standard InChI is InChI=1S/C10H10ClNO/c1-6-4-7-5-8(11)2-3-9(7)10(13)12-6/h2-3,5-6H,4H2,1H3,(H,12,13). The molecule has 2 nitrogen and oxygen atoms in total. The third kappa shape index (κ3) is 1.54. The molecule has 1 aliphatic heterocycles. The lowest BCUT2D eigenvalue weighted by molar-refractivity contribution is 0.0929. The quantitative estimate of drug-likeness (QED) is 0.674. The summed E-state index contributed by atoms with van der Waals surface area (Å²) in [6.07, 6.45) is 0.863. The van der Waals surface area contributed by atoms with E-state index in [4.69, 9.17) is 11.6 Å². The van der Waals surface area contributed by atoms with Crippen LogP contribution >= 0.6 is 11.6 Å². The van der Waals surface area contributed by atoms with Gasteiger partial charge in [0, 0.05) is 16.6 Å². The second kappa shape index (κ2) is 3.04. The normalized spacial score (nSPS) is 20.8. The van der Waals surface area contributed by atoms with Gasteiger partial charge in [-0.3, -0.25) is 4.79 Å². The van der Waals surface area contributed by atoms with Crippen molar-refractivity contribution in [1.29, 1.82) is 0 Å². The van der Waals surface area contributed by atoms with Gasteiger partial charge >= 0.3 is 0 Å². The lowest BCUT2D eigenvalue weighted by Gasteiger charge is -2.22. The number of carbonyl (C=O) groups excluding carboxylic acids is 1. The van der Waals surface area contributed by atoms with E-state index in [0.29, 0.717) is 5.02 Å². The molecule has 1 unspecified atom stereocenters. The van der Waals surface area contributed by atoms with Crippen molar-refractivity contribution in [2.24, 2.45) is 0 Å². The fraction of sp³-hybridized carbons (Fsp3) is 0.300. The van der Waals surface area contributed by atoms with Gasteiger partial charge < -0.3 is 5.32 Å². The molecule has 0 fully saturated rings. The predicted molar refractivity (Wildman–Crippen MR) is 52.1 cm³/mol. The molecule has 3 heteroatoms. The van der Waals surface area contributed by atoms with E-state index in [1.54, 1.807) is 12.1 Å². The number of benzene rings is 1. The summed E-state index contributed by atoms with van der Waals surface area (Å²) >= 11 is 5.84. The minimum absolute atomic E-state index is 0.00502. The van der Waals surface area contributed by atoms with Gasteiger partial charge in [-0.05, 0) is 37.1 Å². The van der Waals surface area contributed by atoms with Crippen LogP contribution in [0.5, 0.6) is 0 Å². The SMILES string of the molecule is CC1Cc2cc(Cl)ccc2C(=O)N1. The van der Waals surface area contributed by atoms with E-state index in [0.717, 1.165) is 17.5 Å². The molecular weight excluding hydrogens is 186 g/mol. The van der Waals surface area contributed by atoms with Crippen LogP contribution in [0.4, 0.5) is 0 Å². The zero-order valence-corrected chi connectivity index (χ0v) is 8.06. The minimum atomic E-state index is 0.00502. The van der Waals surface area contributed by atoms with Crippen LogP contribution in [-0.4, -0.2) is 11.9 Å². The molecule has 1 N–H and O–H groups in total. The van der Waals surface area contributed by atoms with Gasteiger partial charge in [-0.15, -0.1) is 0 Å². The van der Waals surface area contributed by atoms with Gasteiger partial charge in [0.05, 0.1) is 0 Å². The maximum absolute atomic E-state index is 11.5. The molecule has 0 aliphatic carbocycles. The highest BCUT2D eigenvalue weighted by atomic mass is 35.5. The zero-order valence-electron chi connectivity index (χ0n) is 7.30. The molecule has 0 bridgehead atoms. The molecule has 1 aliphatic rings. The van der Waals surface area contributed by atoms with Crippen LogP contribution in [0.25, 0.3) is 0 Å². The highest BCUT2D eigenvalue weighted by Crippen LogP contribution is 2.20. The van der Waals surface area contributed by atoms with E-state index in [1.165, 1.54) is 0 Å². The maximum Gasteiger partial charge on any atom is 0.251 e. The molecule has 0 radical (unpaired) electrons. The van der Waals surface area contributed by atoms with E-state index in [2.05, 4.69) is 5.32 Å². The van der Waals surface area contributed by atoms with E-state index in [9.17, 15) is 4.79 Å². The van der Waals surface area contributed by atoms with Crippen molar-refractivity contribution in [1.82, 2.24) is 5.32 Å². The second-order valence-corrected chi connectivity index (χ2v) is 3.82. The molecule has 1 atom stereocenters. The van der Waals surface area contributed by atoms with Crippen LogP contribution in [-0.2, 0) is 6.42 Å². The molecule has 1 aromatic rings. The predicted octanol–water partition coefficient (Wildman–Crippen LogP) is 2.01. The average Bonchev–Trinajstić information content (AvgIpc) is 2.02. The number of hydrogen-bond acceptors (Lipinski definition) is 1. The highest BCUT2D eigenvalue weighted by molar-refractivity contribution is 6.30. The third-order valence-electron chi connectivity index (χ3n) is 2.22. The van der Waals surface area contributed by atoms with Gasteiger partial charge in [-0.2, -0.15) is 0 Å². The van der Waals surface area contributed by atoms with Crippen molar-refractivity contribution in [3.8, 4) is 0 Å². The van der Waals surface area contributed by atoms with E-state index >= 15 is 0 Å². The Labute approximate surface area is 81.9 Å². The zero-order chi connectivity index (χ0) is 9.42. The first-order valence-electron chi connectivity index (χ1n) is 4.26. The van der Waals surface area contributed by atoms with Crippen LogP contribution in [0.3, 0.4) is 0 Å².